The molecule has 0 aliphatic rings. The van der Waals surface area contributed by atoms with Crippen molar-refractivity contribution in [3.8, 4) is 11.5 Å². The Morgan fingerprint density at radius 3 is 2.27 bits per heavy atom. The zero-order valence-electron chi connectivity index (χ0n) is 13.9. The summed E-state index contributed by atoms with van der Waals surface area (Å²) in [6.45, 7) is 5.88. The minimum absolute atomic E-state index is 0.440. The highest BCUT2D eigenvalue weighted by atomic mass is 32.2. The fourth-order valence-corrected chi connectivity index (χ4v) is 2.36. The van der Waals surface area contributed by atoms with Crippen LogP contribution in [-0.4, -0.2) is 32.2 Å². The smallest absolute Gasteiger partial charge is 0.422 e. The third-order valence-electron chi connectivity index (χ3n) is 2.65. The van der Waals surface area contributed by atoms with Gasteiger partial charge in [0.25, 0.3) is 0 Å². The van der Waals surface area contributed by atoms with Gasteiger partial charge < -0.3 is 14.2 Å². The minimum atomic E-state index is -0.528. The van der Waals surface area contributed by atoms with E-state index in [1.54, 1.807) is 26.0 Å². The van der Waals surface area contributed by atoms with Crippen molar-refractivity contribution in [3.63, 3.8) is 0 Å². The molecule has 0 aliphatic carbocycles. The number of carbonyl (C=O) groups excluding carboxylic acids is 1. The number of amides is 1. The Labute approximate surface area is 135 Å². The van der Waals surface area contributed by atoms with Crippen LogP contribution < -0.4 is 20.3 Å². The summed E-state index contributed by atoms with van der Waals surface area (Å²) in [5.41, 5.74) is 5.82. The molecule has 0 saturated heterocycles. The van der Waals surface area contributed by atoms with Crippen molar-refractivity contribution in [3.05, 3.63) is 17.7 Å². The van der Waals surface area contributed by atoms with Gasteiger partial charge >= 0.3 is 6.09 Å². The van der Waals surface area contributed by atoms with Crippen LogP contribution in [0.3, 0.4) is 0 Å². The number of benzene rings is 1. The molecular weight excluding hydrogens is 304 g/mol. The Hall–Kier alpha value is -1.60. The first-order valence-electron chi connectivity index (χ1n) is 6.81. The topological polar surface area (TPSA) is 68.8 Å². The molecule has 0 atom stereocenters. The lowest BCUT2D eigenvalue weighted by Crippen LogP contribution is -2.40. The summed E-state index contributed by atoms with van der Waals surface area (Å²) in [5, 5.41) is 0. The third-order valence-corrected chi connectivity index (χ3v) is 3.47. The SMILES string of the molecule is COc1cc(CNNC(=O)OC(C)(C)C)c(SC)cc1OC. The molecule has 0 aliphatic heterocycles. The van der Waals surface area contributed by atoms with E-state index in [0.29, 0.717) is 18.0 Å². The van der Waals surface area contributed by atoms with Gasteiger partial charge in [-0.05, 0) is 44.7 Å². The van der Waals surface area contributed by atoms with Crippen LogP contribution in [0.1, 0.15) is 26.3 Å². The van der Waals surface area contributed by atoms with E-state index in [4.69, 9.17) is 14.2 Å². The van der Waals surface area contributed by atoms with Gasteiger partial charge in [0.2, 0.25) is 0 Å². The van der Waals surface area contributed by atoms with E-state index in [1.165, 1.54) is 0 Å². The molecule has 0 saturated carbocycles. The summed E-state index contributed by atoms with van der Waals surface area (Å²) in [6.07, 6.45) is 1.46. The van der Waals surface area contributed by atoms with Gasteiger partial charge in [-0.3, -0.25) is 5.43 Å². The molecule has 22 heavy (non-hydrogen) atoms. The number of ether oxygens (including phenoxy) is 3. The van der Waals surface area contributed by atoms with Crippen LogP contribution in [0.4, 0.5) is 4.79 Å². The quantitative estimate of drug-likeness (QED) is 0.618. The van der Waals surface area contributed by atoms with Crippen molar-refractivity contribution in [2.45, 2.75) is 37.8 Å². The van der Waals surface area contributed by atoms with Crippen molar-refractivity contribution >= 4 is 17.9 Å². The molecule has 1 aromatic rings. The van der Waals surface area contributed by atoms with Crippen LogP contribution in [0, 0.1) is 0 Å². The highest BCUT2D eigenvalue weighted by molar-refractivity contribution is 7.98. The lowest BCUT2D eigenvalue weighted by atomic mass is 10.2. The second kappa shape index (κ2) is 8.14. The standard InChI is InChI=1S/C15H24N2O4S/c1-15(2,3)21-14(18)17-16-9-10-7-11(19-4)12(20-5)8-13(10)22-6/h7-8,16H,9H2,1-6H3,(H,17,18). The van der Waals surface area contributed by atoms with Gasteiger partial charge in [-0.25, -0.2) is 10.2 Å². The van der Waals surface area contributed by atoms with Crippen LogP contribution in [0.25, 0.3) is 0 Å². The summed E-state index contributed by atoms with van der Waals surface area (Å²) >= 11 is 1.59. The molecule has 0 spiro atoms. The predicted molar refractivity (Wildman–Crippen MR) is 87.5 cm³/mol. The van der Waals surface area contributed by atoms with Gasteiger partial charge in [0.05, 0.1) is 14.2 Å². The molecule has 1 aromatic carbocycles. The Morgan fingerprint density at radius 1 is 1.18 bits per heavy atom. The van der Waals surface area contributed by atoms with Crippen LogP contribution >= 0.6 is 11.8 Å². The number of nitrogens with one attached hydrogen (secondary N) is 2. The number of hydrazine groups is 1. The molecule has 2 N–H and O–H groups in total. The average molecular weight is 328 g/mol. The highest BCUT2D eigenvalue weighted by Gasteiger charge is 2.16. The van der Waals surface area contributed by atoms with Crippen LogP contribution in [0.15, 0.2) is 17.0 Å². The molecule has 1 rings (SSSR count). The van der Waals surface area contributed by atoms with Gasteiger partial charge in [-0.2, -0.15) is 0 Å². The summed E-state index contributed by atoms with van der Waals surface area (Å²) in [6, 6.07) is 3.79. The number of carbonyl (C=O) groups is 1. The van der Waals surface area contributed by atoms with Gasteiger partial charge in [0, 0.05) is 11.4 Å². The number of hydrogen-bond acceptors (Lipinski definition) is 6. The van der Waals surface area contributed by atoms with E-state index in [-0.39, 0.29) is 0 Å². The van der Waals surface area contributed by atoms with Crippen LogP contribution in [0.2, 0.25) is 0 Å². The molecule has 124 valence electrons. The second-order valence-corrected chi connectivity index (χ2v) is 6.35. The van der Waals surface area contributed by atoms with Gasteiger partial charge in [-0.1, -0.05) is 0 Å². The predicted octanol–water partition coefficient (Wildman–Crippen LogP) is 2.96. The van der Waals surface area contributed by atoms with E-state index in [0.717, 1.165) is 10.5 Å². The third kappa shape index (κ3) is 5.65. The summed E-state index contributed by atoms with van der Waals surface area (Å²) in [5.74, 6) is 1.32. The van der Waals surface area contributed by atoms with E-state index in [1.807, 2.05) is 39.2 Å². The van der Waals surface area contributed by atoms with Crippen LogP contribution in [-0.2, 0) is 11.3 Å². The Kier molecular flexibility index (Phi) is 6.83. The molecule has 0 aromatic heterocycles. The summed E-state index contributed by atoms with van der Waals surface area (Å²) < 4.78 is 15.7. The highest BCUT2D eigenvalue weighted by Crippen LogP contribution is 2.34. The molecule has 0 unspecified atom stereocenters. The maximum absolute atomic E-state index is 11.6. The van der Waals surface area contributed by atoms with Crippen molar-refractivity contribution in [2.75, 3.05) is 20.5 Å². The molecule has 0 fully saturated rings. The molecular formula is C15H24N2O4S. The molecule has 7 heteroatoms. The van der Waals surface area contributed by atoms with Crippen molar-refractivity contribution in [1.29, 1.82) is 0 Å². The van der Waals surface area contributed by atoms with E-state index in [2.05, 4.69) is 10.9 Å². The zero-order chi connectivity index (χ0) is 16.8. The number of thioether (sulfide) groups is 1. The first-order valence-corrected chi connectivity index (χ1v) is 8.04. The van der Waals surface area contributed by atoms with E-state index >= 15 is 0 Å². The van der Waals surface area contributed by atoms with Gasteiger partial charge in [0.1, 0.15) is 5.60 Å². The van der Waals surface area contributed by atoms with Gasteiger partial charge in [-0.15, -0.1) is 11.8 Å². The molecule has 1 amide bonds. The first-order chi connectivity index (χ1) is 10.3. The van der Waals surface area contributed by atoms with Crippen molar-refractivity contribution in [2.24, 2.45) is 0 Å². The fraction of sp³-hybridized carbons (Fsp3) is 0.533. The second-order valence-electron chi connectivity index (χ2n) is 5.50. The van der Waals surface area contributed by atoms with E-state index < -0.39 is 11.7 Å². The summed E-state index contributed by atoms with van der Waals surface area (Å²) in [7, 11) is 3.19. The molecule has 6 nitrogen and oxygen atoms in total. The van der Waals surface area contributed by atoms with Crippen molar-refractivity contribution < 1.29 is 19.0 Å². The largest absolute Gasteiger partial charge is 0.493 e. The van der Waals surface area contributed by atoms with Gasteiger partial charge in [0.15, 0.2) is 11.5 Å². The maximum atomic E-state index is 11.6. The minimum Gasteiger partial charge on any atom is -0.493 e. The number of rotatable bonds is 6. The van der Waals surface area contributed by atoms with Crippen molar-refractivity contribution in [1.82, 2.24) is 10.9 Å². The lowest BCUT2D eigenvalue weighted by Gasteiger charge is -2.20. The van der Waals surface area contributed by atoms with E-state index in [9.17, 15) is 4.79 Å². The Bertz CT molecular complexity index is 515. The Morgan fingerprint density at radius 2 is 1.77 bits per heavy atom. The lowest BCUT2D eigenvalue weighted by molar-refractivity contribution is 0.0497. The molecule has 0 heterocycles. The van der Waals surface area contributed by atoms with Crippen LogP contribution in [0.5, 0.6) is 11.5 Å². The molecule has 0 bridgehead atoms. The zero-order valence-corrected chi connectivity index (χ0v) is 14.7. The number of hydrogen-bond donors (Lipinski definition) is 2. The Balaban J connectivity index is 2.71. The first kappa shape index (κ1) is 18.4. The number of methoxy groups -OCH3 is 2. The normalized spacial score (nSPS) is 11.0. The average Bonchev–Trinajstić information content (AvgIpc) is 2.44. The molecule has 0 radical (unpaired) electrons. The summed E-state index contributed by atoms with van der Waals surface area (Å²) in [4.78, 5) is 12.6. The maximum Gasteiger partial charge on any atom is 0.422 e. The monoisotopic (exact) mass is 328 g/mol. The fourth-order valence-electron chi connectivity index (χ4n) is 1.75.